The monoisotopic (exact) mass is 342 g/mol. The van der Waals surface area contributed by atoms with Crippen molar-refractivity contribution in [3.63, 3.8) is 0 Å². The van der Waals surface area contributed by atoms with Gasteiger partial charge in [-0.15, -0.1) is 0 Å². The average molecular weight is 344 g/mol. The van der Waals surface area contributed by atoms with Crippen LogP contribution in [0.1, 0.15) is 0 Å². The molecule has 0 heterocycles. The molecule has 0 saturated heterocycles. The first kappa shape index (κ1) is 18.5. The molecule has 0 atom stereocenters. The third-order valence-corrected chi connectivity index (χ3v) is 0. The minimum Gasteiger partial charge on any atom is 1.00 e. The third-order valence-electron chi connectivity index (χ3n) is 0. The maximum atomic E-state index is 9.85. The van der Waals surface area contributed by atoms with Crippen molar-refractivity contribution in [2.45, 2.75) is 0 Å². The van der Waals surface area contributed by atoms with E-state index in [2.05, 4.69) is 0 Å². The molecule has 0 aliphatic carbocycles. The van der Waals surface area contributed by atoms with Crippen LogP contribution in [0.15, 0.2) is 0 Å². The van der Waals surface area contributed by atoms with Crippen LogP contribution in [0, 0.1) is 0 Å². The summed E-state index contributed by atoms with van der Waals surface area (Å²) in [6, 6.07) is 0. The van der Waals surface area contributed by atoms with Crippen LogP contribution in [0.3, 0.4) is 0 Å². The molecule has 0 bridgehead atoms. The van der Waals surface area contributed by atoms with Crippen LogP contribution in [-0.4, -0.2) is 0 Å². The van der Waals surface area contributed by atoms with Gasteiger partial charge in [0.2, 0.25) is 0 Å². The molecule has 9 heavy (non-hydrogen) atoms. The summed E-state index contributed by atoms with van der Waals surface area (Å²) in [6.07, 6.45) is 0. The van der Waals surface area contributed by atoms with Gasteiger partial charge in [0.25, 0.3) is 0 Å². The molecule has 0 spiro atoms. The first-order valence-electron chi connectivity index (χ1n) is 0.717. The van der Waals surface area contributed by atoms with Crippen molar-refractivity contribution in [1.29, 1.82) is 0 Å². The van der Waals surface area contributed by atoms with Crippen LogP contribution in [0.5, 0.6) is 0 Å². The van der Waals surface area contributed by atoms with E-state index in [9.17, 15) is 21.6 Å². The fourth-order valence-electron chi connectivity index (χ4n) is 0. The van der Waals surface area contributed by atoms with E-state index in [0.29, 0.717) is 0 Å². The summed E-state index contributed by atoms with van der Waals surface area (Å²) in [5.74, 6) is 0. The molecule has 0 amide bonds. The molecule has 0 rings (SSSR count). The van der Waals surface area contributed by atoms with Gasteiger partial charge in [-0.3, -0.25) is 0 Å². The van der Waals surface area contributed by atoms with Crippen LogP contribution in [-0.2, 0) is 13.0 Å². The van der Waals surface area contributed by atoms with E-state index in [4.69, 9.17) is 0 Å². The minimum atomic E-state index is -10.5. The molecule has 0 aromatic carbocycles. The van der Waals surface area contributed by atoms with Gasteiger partial charge < -0.3 is 0 Å². The van der Waals surface area contributed by atoms with Crippen molar-refractivity contribution >= 4 is 0 Å². The molecule has 0 saturated carbocycles. The zero-order valence-electron chi connectivity index (χ0n) is 4.58. The van der Waals surface area contributed by atoms with E-state index in [-0.39, 0.29) is 116 Å². The molecular weight excluding hydrogens is 344 g/mol. The molecule has 0 aromatic rings. The Morgan fingerprint density at radius 2 is 0.556 bits per heavy atom. The Hall–Kier alpha value is 3.68. The molecule has 9 heteroatoms. The Labute approximate surface area is 146 Å². The molecule has 0 unspecified atom stereocenters. The summed E-state index contributed by atoms with van der Waals surface area (Å²) in [6.45, 7) is 0. The second kappa shape index (κ2) is 3.82. The fourth-order valence-corrected chi connectivity index (χ4v) is 0. The molecule has 0 N–H and O–H groups in total. The largest absolute Gasteiger partial charge is 1.00 e. The summed E-state index contributed by atoms with van der Waals surface area (Å²) in [5, 5.41) is 0. The quantitative estimate of drug-likeness (QED) is 0.317. The Morgan fingerprint density at radius 3 is 0.556 bits per heavy atom. The van der Waals surface area contributed by atoms with Gasteiger partial charge in [-0.2, -0.15) is 0 Å². The van der Waals surface area contributed by atoms with Gasteiger partial charge in [0, 0.05) is 0 Å². The smallest absolute Gasteiger partial charge is 1.00 e. The van der Waals surface area contributed by atoms with Gasteiger partial charge in [0.15, 0.2) is 0 Å². The molecule has 0 aromatic heterocycles. The molecular formula is F6NiRb2. The molecule has 54 valence electrons. The zero-order valence-corrected chi connectivity index (χ0v) is 15.4. The van der Waals surface area contributed by atoms with E-state index < -0.39 is 13.0 Å². The van der Waals surface area contributed by atoms with Gasteiger partial charge in [-0.25, -0.2) is 0 Å². The van der Waals surface area contributed by atoms with Gasteiger partial charge in [0.1, 0.15) is 0 Å². The first-order valence-corrected chi connectivity index (χ1v) is 2.96. The van der Waals surface area contributed by atoms with E-state index >= 15 is 0 Å². The number of halogens is 6. The Bertz CT molecular complexity index is 69.6. The second-order valence-electron chi connectivity index (χ2n) is 0.678. The van der Waals surface area contributed by atoms with Crippen LogP contribution in [0.25, 0.3) is 0 Å². The van der Waals surface area contributed by atoms with Crippen molar-refractivity contribution in [3.8, 4) is 0 Å². The molecule has 0 aliphatic heterocycles. The molecule has 0 fully saturated rings. The summed E-state index contributed by atoms with van der Waals surface area (Å²) in [5.41, 5.74) is 0. The maximum absolute atomic E-state index is 10.5. The van der Waals surface area contributed by atoms with Gasteiger partial charge >= 0.3 is 151 Å². The number of hydrogen-bond donors (Lipinski definition) is 0. The molecule has 0 nitrogen and oxygen atoms in total. The predicted molar refractivity (Wildman–Crippen MR) is 6.65 cm³/mol. The van der Waals surface area contributed by atoms with Crippen molar-refractivity contribution in [2.24, 2.45) is 0 Å². The summed E-state index contributed by atoms with van der Waals surface area (Å²) in [7, 11) is 0. The zero-order chi connectivity index (χ0) is 6.41. The average Bonchev–Trinajstić information content (AvgIpc) is 0.592. The Kier molecular flexibility index (Phi) is 7.84. The molecule has 0 radical (unpaired) electrons. The normalized spacial score (nSPS) is 18.0. The number of hydrogen-bond acceptors (Lipinski definition) is 0. The van der Waals surface area contributed by atoms with Crippen LogP contribution in [0.4, 0.5) is 21.6 Å². The summed E-state index contributed by atoms with van der Waals surface area (Å²) < 4.78 is 59.1. The Balaban J connectivity index is -0.000000180. The van der Waals surface area contributed by atoms with Crippen molar-refractivity contribution in [2.75, 3.05) is 0 Å². The fraction of sp³-hybridized carbons (Fsp3) is 0. The van der Waals surface area contributed by atoms with Gasteiger partial charge in [-0.05, 0) is 0 Å². The minimum absolute atomic E-state index is 0. The predicted octanol–water partition coefficient (Wildman–Crippen LogP) is -3.47. The Morgan fingerprint density at radius 1 is 0.556 bits per heavy atom. The summed E-state index contributed by atoms with van der Waals surface area (Å²) >= 11 is -10.5. The standard InChI is InChI=1S/6FH.Ni.2Rb/h6*1H;;;/q;;;;;;+4;2*+1/p-6. The van der Waals surface area contributed by atoms with Crippen molar-refractivity contribution in [1.82, 2.24) is 0 Å². The van der Waals surface area contributed by atoms with E-state index in [1.54, 1.807) is 0 Å². The van der Waals surface area contributed by atoms with Crippen LogP contribution >= 0.6 is 0 Å². The first-order chi connectivity index (χ1) is 2.45. The maximum Gasteiger partial charge on any atom is 1.00 e. The SMILES string of the molecule is [F][Ni-2]([F])([F])([F])([F])[F].[Rb+].[Rb+]. The van der Waals surface area contributed by atoms with E-state index in [0.717, 1.165) is 0 Å². The topological polar surface area (TPSA) is 0 Å². The van der Waals surface area contributed by atoms with Gasteiger partial charge in [-0.1, -0.05) is 0 Å². The van der Waals surface area contributed by atoms with Crippen LogP contribution < -0.4 is 116 Å². The van der Waals surface area contributed by atoms with Gasteiger partial charge in [0.05, 0.1) is 0 Å². The third kappa shape index (κ3) is 80.7. The second-order valence-corrected chi connectivity index (χ2v) is 2.79. The van der Waals surface area contributed by atoms with E-state index in [1.165, 1.54) is 0 Å². The van der Waals surface area contributed by atoms with Crippen molar-refractivity contribution in [3.05, 3.63) is 0 Å². The number of rotatable bonds is 0. The summed E-state index contributed by atoms with van der Waals surface area (Å²) in [4.78, 5) is 0. The van der Waals surface area contributed by atoms with Crippen molar-refractivity contribution < 1.29 is 151 Å². The van der Waals surface area contributed by atoms with E-state index in [1.807, 2.05) is 0 Å². The van der Waals surface area contributed by atoms with Crippen LogP contribution in [0.2, 0.25) is 0 Å². The molecule has 0 aliphatic rings.